The standard InChI is InChI=1S/C19H19N9/c1-2-11-5-12(25-16-9-22-13(7-20)8-23-16)6-14(11)19-27-26-17-10-24-18-15(28(17)19)3-4-21-18/h3-4,8-12,14,21H,2,5-6H2,1H3,(H,23,25)/t11-,12+,14-/m1/s1. The molecule has 4 aromatic rings. The molecular formula is C19H19N9. The van der Waals surface area contributed by atoms with Crippen molar-refractivity contribution in [3.05, 3.63) is 42.4 Å². The second kappa shape index (κ2) is 6.56. The van der Waals surface area contributed by atoms with Gasteiger partial charge in [-0.15, -0.1) is 10.2 Å². The predicted molar refractivity (Wildman–Crippen MR) is 103 cm³/mol. The van der Waals surface area contributed by atoms with E-state index in [0.717, 1.165) is 41.9 Å². The van der Waals surface area contributed by atoms with E-state index in [9.17, 15) is 0 Å². The summed E-state index contributed by atoms with van der Waals surface area (Å²) in [6.45, 7) is 2.22. The van der Waals surface area contributed by atoms with E-state index < -0.39 is 0 Å². The Morgan fingerprint density at radius 2 is 2.14 bits per heavy atom. The van der Waals surface area contributed by atoms with Gasteiger partial charge in [-0.2, -0.15) is 5.26 Å². The molecule has 5 rings (SSSR count). The van der Waals surface area contributed by atoms with E-state index in [-0.39, 0.29) is 6.04 Å². The number of fused-ring (bicyclic) bond motifs is 3. The van der Waals surface area contributed by atoms with Gasteiger partial charge in [0.15, 0.2) is 17.0 Å². The summed E-state index contributed by atoms with van der Waals surface area (Å²) in [6.07, 6.45) is 9.79. The molecule has 1 fully saturated rings. The average Bonchev–Trinajstić information content (AvgIpc) is 3.45. The number of anilines is 1. The van der Waals surface area contributed by atoms with Crippen molar-refractivity contribution in [2.75, 3.05) is 5.32 Å². The molecular weight excluding hydrogens is 354 g/mol. The average molecular weight is 373 g/mol. The third-order valence-corrected chi connectivity index (χ3v) is 5.64. The fourth-order valence-electron chi connectivity index (χ4n) is 4.32. The molecule has 0 unspecified atom stereocenters. The van der Waals surface area contributed by atoms with Crippen molar-refractivity contribution < 1.29 is 0 Å². The Hall–Kier alpha value is -3.54. The Labute approximate surface area is 160 Å². The van der Waals surface area contributed by atoms with Crippen molar-refractivity contribution in [1.29, 1.82) is 5.26 Å². The number of hydrogen-bond acceptors (Lipinski definition) is 7. The molecule has 0 amide bonds. The van der Waals surface area contributed by atoms with Crippen LogP contribution in [0.2, 0.25) is 0 Å². The summed E-state index contributed by atoms with van der Waals surface area (Å²) in [5, 5.41) is 21.2. The summed E-state index contributed by atoms with van der Waals surface area (Å²) < 4.78 is 2.12. The van der Waals surface area contributed by atoms with Gasteiger partial charge < -0.3 is 10.3 Å². The molecule has 9 heteroatoms. The lowest BCUT2D eigenvalue weighted by molar-refractivity contribution is 0.451. The zero-order chi connectivity index (χ0) is 19.1. The molecule has 2 N–H and O–H groups in total. The third kappa shape index (κ3) is 2.65. The van der Waals surface area contributed by atoms with Crippen LogP contribution in [0.25, 0.3) is 16.8 Å². The highest BCUT2D eigenvalue weighted by molar-refractivity contribution is 5.74. The second-order valence-corrected chi connectivity index (χ2v) is 7.21. The monoisotopic (exact) mass is 373 g/mol. The molecule has 4 aromatic heterocycles. The van der Waals surface area contributed by atoms with Gasteiger partial charge in [0, 0.05) is 18.2 Å². The molecule has 0 aliphatic heterocycles. The Balaban J connectivity index is 1.46. The first-order valence-electron chi connectivity index (χ1n) is 9.42. The summed E-state index contributed by atoms with van der Waals surface area (Å²) in [4.78, 5) is 15.9. The summed E-state index contributed by atoms with van der Waals surface area (Å²) in [7, 11) is 0. The lowest BCUT2D eigenvalue weighted by atomic mass is 9.93. The molecule has 4 heterocycles. The van der Waals surface area contributed by atoms with E-state index in [0.29, 0.717) is 23.3 Å². The molecule has 0 bridgehead atoms. The van der Waals surface area contributed by atoms with Gasteiger partial charge in [-0.3, -0.25) is 4.40 Å². The lowest BCUT2D eigenvalue weighted by Crippen LogP contribution is -2.17. The van der Waals surface area contributed by atoms with Gasteiger partial charge in [0.1, 0.15) is 17.7 Å². The molecule has 140 valence electrons. The van der Waals surface area contributed by atoms with Crippen molar-refractivity contribution >= 4 is 22.6 Å². The van der Waals surface area contributed by atoms with Crippen LogP contribution >= 0.6 is 0 Å². The van der Waals surface area contributed by atoms with Crippen LogP contribution in [-0.2, 0) is 0 Å². The Bertz CT molecular complexity index is 1170. The van der Waals surface area contributed by atoms with E-state index in [1.165, 1.54) is 6.20 Å². The van der Waals surface area contributed by atoms with Gasteiger partial charge in [0.05, 0.1) is 24.1 Å². The minimum atomic E-state index is 0.271. The fraction of sp³-hybridized carbons (Fsp3) is 0.368. The highest BCUT2D eigenvalue weighted by Crippen LogP contribution is 2.42. The van der Waals surface area contributed by atoms with E-state index in [4.69, 9.17) is 5.26 Å². The molecule has 0 radical (unpaired) electrons. The molecule has 3 atom stereocenters. The molecule has 1 aliphatic carbocycles. The van der Waals surface area contributed by atoms with Crippen LogP contribution in [-0.4, -0.2) is 40.6 Å². The van der Waals surface area contributed by atoms with Crippen LogP contribution in [0.5, 0.6) is 0 Å². The Morgan fingerprint density at radius 1 is 1.21 bits per heavy atom. The van der Waals surface area contributed by atoms with E-state index in [2.05, 4.69) is 46.8 Å². The number of hydrogen-bond donors (Lipinski definition) is 2. The first kappa shape index (κ1) is 16.6. The Kier molecular flexibility index (Phi) is 3.90. The summed E-state index contributed by atoms with van der Waals surface area (Å²) >= 11 is 0. The van der Waals surface area contributed by atoms with Crippen LogP contribution in [0, 0.1) is 17.2 Å². The van der Waals surface area contributed by atoms with Crippen LogP contribution < -0.4 is 5.32 Å². The number of aromatic nitrogens is 7. The molecule has 9 nitrogen and oxygen atoms in total. The molecule has 0 aromatic carbocycles. The van der Waals surface area contributed by atoms with Crippen molar-refractivity contribution in [2.45, 2.75) is 38.1 Å². The summed E-state index contributed by atoms with van der Waals surface area (Å²) in [5.74, 6) is 2.48. The molecule has 28 heavy (non-hydrogen) atoms. The minimum absolute atomic E-state index is 0.271. The van der Waals surface area contributed by atoms with Gasteiger partial charge >= 0.3 is 0 Å². The predicted octanol–water partition coefficient (Wildman–Crippen LogP) is 2.65. The van der Waals surface area contributed by atoms with Gasteiger partial charge in [0.2, 0.25) is 0 Å². The van der Waals surface area contributed by atoms with E-state index in [1.807, 2.05) is 18.3 Å². The minimum Gasteiger partial charge on any atom is -0.366 e. The number of nitrogens with one attached hydrogen (secondary N) is 2. The smallest absolute Gasteiger partial charge is 0.179 e. The zero-order valence-electron chi connectivity index (χ0n) is 15.4. The molecule has 0 spiro atoms. The van der Waals surface area contributed by atoms with Crippen molar-refractivity contribution in [3.63, 3.8) is 0 Å². The van der Waals surface area contributed by atoms with Gasteiger partial charge in [-0.05, 0) is 24.8 Å². The van der Waals surface area contributed by atoms with Crippen LogP contribution in [0.4, 0.5) is 5.82 Å². The normalized spacial score (nSPS) is 21.9. The largest absolute Gasteiger partial charge is 0.366 e. The Morgan fingerprint density at radius 3 is 2.93 bits per heavy atom. The first-order valence-corrected chi connectivity index (χ1v) is 9.42. The highest BCUT2D eigenvalue weighted by Gasteiger charge is 2.37. The fourth-order valence-corrected chi connectivity index (χ4v) is 4.32. The van der Waals surface area contributed by atoms with Gasteiger partial charge in [0.25, 0.3) is 0 Å². The topological polar surface area (TPSA) is 120 Å². The van der Waals surface area contributed by atoms with Gasteiger partial charge in [-0.25, -0.2) is 15.0 Å². The second-order valence-electron chi connectivity index (χ2n) is 7.21. The van der Waals surface area contributed by atoms with Gasteiger partial charge in [-0.1, -0.05) is 13.3 Å². The molecule has 1 aliphatic rings. The summed E-state index contributed by atoms with van der Waals surface area (Å²) in [6, 6.07) is 4.28. The number of nitriles is 1. The summed E-state index contributed by atoms with van der Waals surface area (Å²) in [5.41, 5.74) is 2.93. The number of aromatic amines is 1. The quantitative estimate of drug-likeness (QED) is 0.564. The zero-order valence-corrected chi connectivity index (χ0v) is 15.4. The SMILES string of the molecule is CC[C@@H]1C[C@H](Nc2cnc(C#N)cn2)C[C@H]1c1nnc2cnc3[nH]ccc3n12. The molecule has 0 saturated heterocycles. The van der Waals surface area contributed by atoms with Crippen LogP contribution in [0.15, 0.2) is 30.9 Å². The van der Waals surface area contributed by atoms with Crippen molar-refractivity contribution in [2.24, 2.45) is 5.92 Å². The van der Waals surface area contributed by atoms with E-state index >= 15 is 0 Å². The van der Waals surface area contributed by atoms with E-state index in [1.54, 1.807) is 12.4 Å². The maximum absolute atomic E-state index is 8.87. The third-order valence-electron chi connectivity index (χ3n) is 5.64. The molecule has 1 saturated carbocycles. The first-order chi connectivity index (χ1) is 13.8. The maximum atomic E-state index is 8.87. The highest BCUT2D eigenvalue weighted by atomic mass is 15.3. The van der Waals surface area contributed by atoms with Crippen LogP contribution in [0.3, 0.4) is 0 Å². The number of H-pyrrole nitrogens is 1. The lowest BCUT2D eigenvalue weighted by Gasteiger charge is -2.15. The van der Waals surface area contributed by atoms with Crippen LogP contribution in [0.1, 0.15) is 43.6 Å². The number of rotatable bonds is 4. The maximum Gasteiger partial charge on any atom is 0.179 e. The van der Waals surface area contributed by atoms with Crippen molar-refractivity contribution in [1.82, 2.24) is 34.5 Å². The van der Waals surface area contributed by atoms with Crippen molar-refractivity contribution in [3.8, 4) is 6.07 Å². The number of nitrogens with zero attached hydrogens (tertiary/aromatic N) is 7.